The van der Waals surface area contributed by atoms with Gasteiger partial charge in [0.1, 0.15) is 0 Å². The fraction of sp³-hybridized carbons (Fsp3) is 0.250. The number of rotatable bonds is 3. The van der Waals surface area contributed by atoms with Crippen molar-refractivity contribution >= 4 is 0 Å². The molecule has 1 heterocycles. The Balaban J connectivity index is 2.43. The van der Waals surface area contributed by atoms with E-state index >= 15 is 0 Å². The van der Waals surface area contributed by atoms with Crippen LogP contribution in [-0.4, -0.2) is 11.5 Å². The van der Waals surface area contributed by atoms with Crippen LogP contribution in [0.15, 0.2) is 24.5 Å². The van der Waals surface area contributed by atoms with Crippen molar-refractivity contribution in [3.63, 3.8) is 0 Å². The minimum absolute atomic E-state index is 0.759. The van der Waals surface area contributed by atoms with Crippen LogP contribution in [0, 0.1) is 6.92 Å². The van der Waals surface area contributed by atoms with E-state index < -0.39 is 0 Å². The molecule has 0 aliphatic carbocycles. The summed E-state index contributed by atoms with van der Waals surface area (Å²) in [5, 5.41) is 3.11. The Labute approximate surface area is 61.3 Å². The molecule has 10 heavy (non-hydrogen) atoms. The Hall–Kier alpha value is -0.890. The van der Waals surface area contributed by atoms with Gasteiger partial charge < -0.3 is 5.32 Å². The molecule has 0 amide bonds. The second kappa shape index (κ2) is 4.01. The van der Waals surface area contributed by atoms with Gasteiger partial charge in [0.25, 0.3) is 0 Å². The van der Waals surface area contributed by atoms with Crippen molar-refractivity contribution in [2.24, 2.45) is 0 Å². The second-order valence-electron chi connectivity index (χ2n) is 2.04. The Bertz CT molecular complexity index is 172. The van der Waals surface area contributed by atoms with Gasteiger partial charge in [0.2, 0.25) is 0 Å². The van der Waals surface area contributed by atoms with Crippen molar-refractivity contribution in [2.45, 2.75) is 6.54 Å². The molecule has 0 saturated heterocycles. The predicted octanol–water partition coefficient (Wildman–Crippen LogP) is 1.01. The lowest BCUT2D eigenvalue weighted by Crippen LogP contribution is -2.11. The number of aromatic nitrogens is 1. The van der Waals surface area contributed by atoms with Gasteiger partial charge in [-0.05, 0) is 25.1 Å². The quantitative estimate of drug-likeness (QED) is 0.669. The zero-order chi connectivity index (χ0) is 7.23. The zero-order valence-corrected chi connectivity index (χ0v) is 5.88. The van der Waals surface area contributed by atoms with Gasteiger partial charge in [-0.15, -0.1) is 0 Å². The summed E-state index contributed by atoms with van der Waals surface area (Å²) in [5.41, 5.74) is 1.20. The molecule has 0 unspecified atom stereocenters. The molecule has 2 heteroatoms. The summed E-state index contributed by atoms with van der Waals surface area (Å²) in [7, 11) is 0. The standard InChI is InChI=1S/C8H11N2/c1-2-9-6-8-4-3-5-10-7-8/h3-5,7,9H,1-2,6H2. The molecule has 53 valence electrons. The number of hydrogen-bond acceptors (Lipinski definition) is 2. The molecule has 1 rings (SSSR count). The van der Waals surface area contributed by atoms with Crippen LogP contribution in [0.1, 0.15) is 5.56 Å². The average molecular weight is 135 g/mol. The van der Waals surface area contributed by atoms with Crippen molar-refractivity contribution in [1.82, 2.24) is 10.3 Å². The maximum Gasteiger partial charge on any atom is 0.0312 e. The van der Waals surface area contributed by atoms with Crippen LogP contribution < -0.4 is 5.32 Å². The lowest BCUT2D eigenvalue weighted by molar-refractivity contribution is 0.755. The smallest absolute Gasteiger partial charge is 0.0312 e. The predicted molar refractivity (Wildman–Crippen MR) is 41.3 cm³/mol. The molecule has 0 fully saturated rings. The third-order valence-corrected chi connectivity index (χ3v) is 1.23. The highest BCUT2D eigenvalue weighted by Crippen LogP contribution is 1.92. The first kappa shape index (κ1) is 7.22. The van der Waals surface area contributed by atoms with Gasteiger partial charge >= 0.3 is 0 Å². The SMILES string of the molecule is [CH2]CNCc1cccnc1. The number of nitrogens with zero attached hydrogens (tertiary/aromatic N) is 1. The summed E-state index contributed by atoms with van der Waals surface area (Å²) in [5.74, 6) is 0. The first-order chi connectivity index (χ1) is 4.93. The van der Waals surface area contributed by atoms with Gasteiger partial charge in [0.05, 0.1) is 0 Å². The largest absolute Gasteiger partial charge is 0.313 e. The van der Waals surface area contributed by atoms with Gasteiger partial charge in [0, 0.05) is 18.9 Å². The summed E-state index contributed by atoms with van der Waals surface area (Å²) in [6, 6.07) is 3.97. The third-order valence-electron chi connectivity index (χ3n) is 1.23. The first-order valence-corrected chi connectivity index (χ1v) is 3.32. The molecule has 0 aliphatic heterocycles. The van der Waals surface area contributed by atoms with Gasteiger partial charge in [-0.3, -0.25) is 4.98 Å². The normalized spacial score (nSPS) is 9.70. The minimum Gasteiger partial charge on any atom is -0.313 e. The number of hydrogen-bond donors (Lipinski definition) is 1. The second-order valence-corrected chi connectivity index (χ2v) is 2.04. The number of nitrogens with one attached hydrogen (secondary N) is 1. The molecule has 0 spiro atoms. The van der Waals surface area contributed by atoms with Gasteiger partial charge in [-0.1, -0.05) is 6.07 Å². The summed E-state index contributed by atoms with van der Waals surface area (Å²) >= 11 is 0. The van der Waals surface area contributed by atoms with E-state index in [0.29, 0.717) is 0 Å². The van der Waals surface area contributed by atoms with E-state index in [-0.39, 0.29) is 0 Å². The topological polar surface area (TPSA) is 24.9 Å². The zero-order valence-electron chi connectivity index (χ0n) is 5.88. The fourth-order valence-electron chi connectivity index (χ4n) is 0.735. The van der Waals surface area contributed by atoms with Crippen molar-refractivity contribution in [2.75, 3.05) is 6.54 Å². The van der Waals surface area contributed by atoms with Gasteiger partial charge in [0.15, 0.2) is 0 Å². The maximum atomic E-state index is 3.98. The van der Waals surface area contributed by atoms with Crippen LogP contribution in [-0.2, 0) is 6.54 Å². The highest BCUT2D eigenvalue weighted by molar-refractivity contribution is 5.07. The molecule has 0 saturated carbocycles. The van der Waals surface area contributed by atoms with Crippen molar-refractivity contribution < 1.29 is 0 Å². The molecule has 1 aromatic rings. The third kappa shape index (κ3) is 2.15. The highest BCUT2D eigenvalue weighted by Gasteiger charge is 1.86. The Morgan fingerprint density at radius 2 is 2.50 bits per heavy atom. The van der Waals surface area contributed by atoms with E-state index in [4.69, 9.17) is 0 Å². The van der Waals surface area contributed by atoms with E-state index in [2.05, 4.69) is 17.2 Å². The molecule has 1 N–H and O–H groups in total. The fourth-order valence-corrected chi connectivity index (χ4v) is 0.735. The molecule has 0 bridgehead atoms. The van der Waals surface area contributed by atoms with Gasteiger partial charge in [-0.2, -0.15) is 0 Å². The Morgan fingerprint density at radius 3 is 3.10 bits per heavy atom. The van der Waals surface area contributed by atoms with Crippen molar-refractivity contribution in [3.05, 3.63) is 37.0 Å². The summed E-state index contributed by atoms with van der Waals surface area (Å²) in [6.07, 6.45) is 3.62. The molecular weight excluding hydrogens is 124 g/mol. The van der Waals surface area contributed by atoms with E-state index in [1.54, 1.807) is 6.20 Å². The highest BCUT2D eigenvalue weighted by atomic mass is 14.8. The average Bonchev–Trinajstić information content (AvgIpc) is 2.03. The van der Waals surface area contributed by atoms with Crippen molar-refractivity contribution in [1.29, 1.82) is 0 Å². The number of pyridine rings is 1. The van der Waals surface area contributed by atoms with Crippen LogP contribution in [0.4, 0.5) is 0 Å². The first-order valence-electron chi connectivity index (χ1n) is 3.32. The Kier molecular flexibility index (Phi) is 2.90. The van der Waals surface area contributed by atoms with Crippen LogP contribution in [0.2, 0.25) is 0 Å². The monoisotopic (exact) mass is 135 g/mol. The van der Waals surface area contributed by atoms with Gasteiger partial charge in [-0.25, -0.2) is 0 Å². The summed E-state index contributed by atoms with van der Waals surface area (Å²) in [4.78, 5) is 3.98. The lowest BCUT2D eigenvalue weighted by Gasteiger charge is -1.98. The lowest BCUT2D eigenvalue weighted by atomic mass is 10.3. The Morgan fingerprint density at radius 1 is 1.60 bits per heavy atom. The summed E-state index contributed by atoms with van der Waals surface area (Å²) < 4.78 is 0. The molecule has 1 aromatic heterocycles. The van der Waals surface area contributed by atoms with E-state index in [1.807, 2.05) is 18.3 Å². The molecule has 0 atom stereocenters. The molecule has 2 nitrogen and oxygen atoms in total. The van der Waals surface area contributed by atoms with E-state index in [1.165, 1.54) is 5.56 Å². The van der Waals surface area contributed by atoms with Crippen molar-refractivity contribution in [3.8, 4) is 0 Å². The molecular formula is C8H11N2. The van der Waals surface area contributed by atoms with Crippen LogP contribution >= 0.6 is 0 Å². The van der Waals surface area contributed by atoms with E-state index in [0.717, 1.165) is 13.1 Å². The van der Waals surface area contributed by atoms with Crippen LogP contribution in [0.25, 0.3) is 0 Å². The minimum atomic E-state index is 0.759. The van der Waals surface area contributed by atoms with E-state index in [9.17, 15) is 0 Å². The summed E-state index contributed by atoms with van der Waals surface area (Å²) in [6.45, 7) is 5.29. The maximum absolute atomic E-state index is 3.98. The molecule has 0 aromatic carbocycles. The molecule has 1 radical (unpaired) electrons. The molecule has 0 aliphatic rings. The van der Waals surface area contributed by atoms with Crippen LogP contribution in [0.5, 0.6) is 0 Å². The van der Waals surface area contributed by atoms with Crippen LogP contribution in [0.3, 0.4) is 0 Å².